The molecule has 92 valence electrons. The molecule has 2 rings (SSSR count). The topological polar surface area (TPSA) is 29.1 Å². The molecule has 0 bridgehead atoms. The monoisotopic (exact) mass is 231 g/mol. The van der Waals surface area contributed by atoms with Crippen LogP contribution in [0.4, 0.5) is 0 Å². The van der Waals surface area contributed by atoms with Crippen molar-refractivity contribution in [3.63, 3.8) is 0 Å². The maximum absolute atomic E-state index is 12.2. The van der Waals surface area contributed by atoms with Crippen molar-refractivity contribution in [3.05, 3.63) is 35.9 Å². The zero-order valence-electron chi connectivity index (χ0n) is 10.5. The molecular formula is C15H21NO. The van der Waals surface area contributed by atoms with Crippen LogP contribution in [-0.2, 0) is 11.2 Å². The lowest BCUT2D eigenvalue weighted by Crippen LogP contribution is -2.52. The van der Waals surface area contributed by atoms with Gasteiger partial charge in [-0.2, -0.15) is 0 Å². The van der Waals surface area contributed by atoms with Gasteiger partial charge in [-0.25, -0.2) is 0 Å². The van der Waals surface area contributed by atoms with Gasteiger partial charge in [0.05, 0.1) is 5.54 Å². The average molecular weight is 231 g/mol. The summed E-state index contributed by atoms with van der Waals surface area (Å²) in [7, 11) is 0. The third-order valence-electron chi connectivity index (χ3n) is 3.72. The minimum absolute atomic E-state index is 0.271. The van der Waals surface area contributed by atoms with Gasteiger partial charge in [-0.1, -0.05) is 30.3 Å². The molecule has 1 aliphatic rings. The first-order valence-electron chi connectivity index (χ1n) is 6.53. The van der Waals surface area contributed by atoms with Gasteiger partial charge in [-0.15, -0.1) is 0 Å². The average Bonchev–Trinajstić information content (AvgIpc) is 2.38. The van der Waals surface area contributed by atoms with E-state index in [4.69, 9.17) is 0 Å². The standard InChI is InChI=1S/C15H21NO/c1-15(11-5-6-12-16-15)14(17)10-9-13-7-3-2-4-8-13/h2-4,7-8,16H,5-6,9-12H2,1H3. The van der Waals surface area contributed by atoms with Crippen LogP contribution >= 0.6 is 0 Å². The molecule has 1 fully saturated rings. The van der Waals surface area contributed by atoms with Crippen molar-refractivity contribution in [2.45, 2.75) is 44.6 Å². The van der Waals surface area contributed by atoms with Crippen molar-refractivity contribution in [1.29, 1.82) is 0 Å². The molecule has 0 spiro atoms. The van der Waals surface area contributed by atoms with Crippen molar-refractivity contribution in [1.82, 2.24) is 5.32 Å². The van der Waals surface area contributed by atoms with E-state index in [1.54, 1.807) is 0 Å². The molecular weight excluding hydrogens is 210 g/mol. The number of carbonyl (C=O) groups is 1. The molecule has 1 N–H and O–H groups in total. The summed E-state index contributed by atoms with van der Waals surface area (Å²) in [5, 5.41) is 3.38. The predicted octanol–water partition coefficient (Wildman–Crippen LogP) is 2.72. The Kier molecular flexibility index (Phi) is 3.95. The van der Waals surface area contributed by atoms with Crippen LogP contribution < -0.4 is 5.32 Å². The number of hydrogen-bond acceptors (Lipinski definition) is 2. The molecule has 0 amide bonds. The summed E-state index contributed by atoms with van der Waals surface area (Å²) in [6, 6.07) is 10.2. The highest BCUT2D eigenvalue weighted by Gasteiger charge is 2.33. The highest BCUT2D eigenvalue weighted by Crippen LogP contribution is 2.21. The molecule has 2 nitrogen and oxygen atoms in total. The molecule has 1 saturated heterocycles. The minimum Gasteiger partial charge on any atom is -0.305 e. The number of aryl methyl sites for hydroxylation is 1. The van der Waals surface area contributed by atoms with E-state index >= 15 is 0 Å². The summed E-state index contributed by atoms with van der Waals surface area (Å²) in [5.74, 6) is 0.362. The molecule has 1 aromatic carbocycles. The van der Waals surface area contributed by atoms with E-state index < -0.39 is 0 Å². The smallest absolute Gasteiger partial charge is 0.152 e. The number of piperidine rings is 1. The molecule has 0 aliphatic carbocycles. The van der Waals surface area contributed by atoms with Gasteiger partial charge < -0.3 is 5.32 Å². The van der Waals surface area contributed by atoms with Gasteiger partial charge >= 0.3 is 0 Å². The minimum atomic E-state index is -0.271. The van der Waals surface area contributed by atoms with Gasteiger partial charge in [0, 0.05) is 6.42 Å². The zero-order valence-corrected chi connectivity index (χ0v) is 10.5. The number of benzene rings is 1. The number of hydrogen-bond donors (Lipinski definition) is 1. The Labute approximate surface area is 103 Å². The van der Waals surface area contributed by atoms with Gasteiger partial charge in [0.1, 0.15) is 0 Å². The predicted molar refractivity (Wildman–Crippen MR) is 70.0 cm³/mol. The Hall–Kier alpha value is -1.15. The van der Waals surface area contributed by atoms with Crippen LogP contribution in [0.3, 0.4) is 0 Å². The Morgan fingerprint density at radius 1 is 1.29 bits per heavy atom. The number of Topliss-reactive ketones (excluding diaryl/α,β-unsaturated/α-hetero) is 1. The molecule has 1 unspecified atom stereocenters. The second-order valence-corrected chi connectivity index (χ2v) is 5.12. The lowest BCUT2D eigenvalue weighted by molar-refractivity contribution is -0.125. The quantitative estimate of drug-likeness (QED) is 0.863. The van der Waals surface area contributed by atoms with Crippen LogP contribution in [0, 0.1) is 0 Å². The Morgan fingerprint density at radius 3 is 2.71 bits per heavy atom. The molecule has 1 atom stereocenters. The van der Waals surface area contributed by atoms with Crippen molar-refractivity contribution < 1.29 is 4.79 Å². The normalized spacial score (nSPS) is 24.5. The van der Waals surface area contributed by atoms with Gasteiger partial charge in [0.15, 0.2) is 5.78 Å². The summed E-state index contributed by atoms with van der Waals surface area (Å²) in [6.45, 7) is 3.03. The van der Waals surface area contributed by atoms with Crippen LogP contribution in [0.15, 0.2) is 30.3 Å². The van der Waals surface area contributed by atoms with Crippen molar-refractivity contribution in [2.75, 3.05) is 6.54 Å². The first-order chi connectivity index (χ1) is 8.21. The summed E-state index contributed by atoms with van der Waals surface area (Å²) in [4.78, 5) is 12.2. The first-order valence-corrected chi connectivity index (χ1v) is 6.53. The fourth-order valence-corrected chi connectivity index (χ4v) is 2.47. The Bertz CT molecular complexity index is 366. The van der Waals surface area contributed by atoms with Gasteiger partial charge in [-0.05, 0) is 44.7 Å². The van der Waals surface area contributed by atoms with Crippen LogP contribution in [0.1, 0.15) is 38.2 Å². The lowest BCUT2D eigenvalue weighted by atomic mass is 9.84. The Morgan fingerprint density at radius 2 is 2.06 bits per heavy atom. The SMILES string of the molecule is CC1(C(=O)CCc2ccccc2)CCCCN1. The molecule has 0 saturated carbocycles. The lowest BCUT2D eigenvalue weighted by Gasteiger charge is -2.33. The van der Waals surface area contributed by atoms with E-state index in [0.29, 0.717) is 12.2 Å². The van der Waals surface area contributed by atoms with E-state index in [9.17, 15) is 4.79 Å². The molecule has 0 aromatic heterocycles. The summed E-state index contributed by atoms with van der Waals surface area (Å²) in [6.07, 6.45) is 4.85. The molecule has 17 heavy (non-hydrogen) atoms. The van der Waals surface area contributed by atoms with Crippen LogP contribution in [0.2, 0.25) is 0 Å². The van der Waals surface area contributed by atoms with E-state index in [-0.39, 0.29) is 5.54 Å². The third kappa shape index (κ3) is 3.16. The maximum atomic E-state index is 12.2. The Balaban J connectivity index is 1.88. The first kappa shape index (κ1) is 12.3. The maximum Gasteiger partial charge on any atom is 0.152 e. The van der Waals surface area contributed by atoms with E-state index in [2.05, 4.69) is 24.4 Å². The van der Waals surface area contributed by atoms with Crippen LogP contribution in [0.5, 0.6) is 0 Å². The highest BCUT2D eigenvalue weighted by atomic mass is 16.1. The number of rotatable bonds is 4. The summed E-state index contributed by atoms with van der Waals surface area (Å²) < 4.78 is 0. The molecule has 1 aliphatic heterocycles. The van der Waals surface area contributed by atoms with Crippen LogP contribution in [-0.4, -0.2) is 17.9 Å². The molecule has 0 radical (unpaired) electrons. The zero-order chi connectivity index (χ0) is 12.1. The van der Waals surface area contributed by atoms with Gasteiger partial charge in [0.25, 0.3) is 0 Å². The number of ketones is 1. The number of nitrogens with one attached hydrogen (secondary N) is 1. The molecule has 1 heterocycles. The molecule has 2 heteroatoms. The van der Waals surface area contributed by atoms with Crippen molar-refractivity contribution in [2.24, 2.45) is 0 Å². The number of carbonyl (C=O) groups excluding carboxylic acids is 1. The second-order valence-electron chi connectivity index (χ2n) is 5.12. The van der Waals surface area contributed by atoms with Crippen molar-refractivity contribution >= 4 is 5.78 Å². The van der Waals surface area contributed by atoms with Crippen LogP contribution in [0.25, 0.3) is 0 Å². The largest absolute Gasteiger partial charge is 0.305 e. The summed E-state index contributed by atoms with van der Waals surface area (Å²) in [5.41, 5.74) is 0.979. The fraction of sp³-hybridized carbons (Fsp3) is 0.533. The second kappa shape index (κ2) is 5.46. The summed E-state index contributed by atoms with van der Waals surface area (Å²) >= 11 is 0. The van der Waals surface area contributed by atoms with E-state index in [1.165, 1.54) is 18.4 Å². The van der Waals surface area contributed by atoms with E-state index in [1.807, 2.05) is 18.2 Å². The third-order valence-corrected chi connectivity index (χ3v) is 3.72. The van der Waals surface area contributed by atoms with Crippen molar-refractivity contribution in [3.8, 4) is 0 Å². The van der Waals surface area contributed by atoms with Gasteiger partial charge in [-0.3, -0.25) is 4.79 Å². The van der Waals surface area contributed by atoms with Gasteiger partial charge in [0.2, 0.25) is 0 Å². The highest BCUT2D eigenvalue weighted by molar-refractivity contribution is 5.88. The molecule has 1 aromatic rings. The fourth-order valence-electron chi connectivity index (χ4n) is 2.47. The van der Waals surface area contributed by atoms with E-state index in [0.717, 1.165) is 19.4 Å².